The van der Waals surface area contributed by atoms with Crippen molar-refractivity contribution in [2.24, 2.45) is 0 Å². The Balaban J connectivity index is 2.12. The number of nitrogens with zero attached hydrogens (tertiary/aromatic N) is 2. The fourth-order valence-electron chi connectivity index (χ4n) is 1.54. The minimum atomic E-state index is 0.300. The van der Waals surface area contributed by atoms with Crippen molar-refractivity contribution in [3.05, 3.63) is 48.0 Å². The molecule has 1 heterocycles. The molecule has 0 spiro atoms. The second kappa shape index (κ2) is 6.49. The molecule has 0 aliphatic heterocycles. The van der Waals surface area contributed by atoms with E-state index in [1.165, 1.54) is 0 Å². The highest BCUT2D eigenvalue weighted by atomic mass is 16.5. The Labute approximate surface area is 111 Å². The van der Waals surface area contributed by atoms with Crippen LogP contribution in [-0.4, -0.2) is 22.9 Å². The van der Waals surface area contributed by atoms with Gasteiger partial charge < -0.3 is 9.47 Å². The van der Waals surface area contributed by atoms with Gasteiger partial charge in [0.15, 0.2) is 11.5 Å². The van der Waals surface area contributed by atoms with Gasteiger partial charge in [0.1, 0.15) is 12.9 Å². The third-order valence-corrected chi connectivity index (χ3v) is 2.40. The van der Waals surface area contributed by atoms with Crippen molar-refractivity contribution >= 4 is 6.29 Å². The van der Waals surface area contributed by atoms with Crippen LogP contribution in [0.2, 0.25) is 0 Å². The van der Waals surface area contributed by atoms with Crippen LogP contribution in [0.25, 0.3) is 0 Å². The van der Waals surface area contributed by atoms with Gasteiger partial charge in [0, 0.05) is 18.0 Å². The molecule has 19 heavy (non-hydrogen) atoms. The minimum absolute atomic E-state index is 0.300. The summed E-state index contributed by atoms with van der Waals surface area (Å²) in [6.45, 7) is 2.68. The minimum Gasteiger partial charge on any atom is -0.490 e. The third kappa shape index (κ3) is 3.51. The Morgan fingerprint density at radius 2 is 2.11 bits per heavy atom. The molecule has 0 N–H and O–H groups in total. The Morgan fingerprint density at radius 3 is 2.79 bits per heavy atom. The maximum Gasteiger partial charge on any atom is 0.161 e. The van der Waals surface area contributed by atoms with E-state index in [0.717, 1.165) is 12.0 Å². The largest absolute Gasteiger partial charge is 0.490 e. The van der Waals surface area contributed by atoms with Crippen LogP contribution >= 0.6 is 0 Å². The molecule has 0 fully saturated rings. The molecule has 0 bridgehead atoms. The molecule has 0 saturated heterocycles. The summed E-state index contributed by atoms with van der Waals surface area (Å²) >= 11 is 0. The maximum atomic E-state index is 10.7. The van der Waals surface area contributed by atoms with Crippen LogP contribution in [-0.2, 0) is 6.61 Å². The second-order valence-electron chi connectivity index (χ2n) is 3.74. The summed E-state index contributed by atoms with van der Waals surface area (Å²) in [7, 11) is 0. The Bertz CT molecular complexity index is 544. The molecule has 0 aliphatic carbocycles. The van der Waals surface area contributed by atoms with E-state index in [1.54, 1.807) is 36.8 Å². The van der Waals surface area contributed by atoms with E-state index in [-0.39, 0.29) is 0 Å². The highest BCUT2D eigenvalue weighted by molar-refractivity contribution is 5.76. The molecule has 2 rings (SSSR count). The van der Waals surface area contributed by atoms with Crippen LogP contribution in [0.15, 0.2) is 36.8 Å². The lowest BCUT2D eigenvalue weighted by Crippen LogP contribution is -2.01. The van der Waals surface area contributed by atoms with Crippen LogP contribution < -0.4 is 9.47 Å². The molecule has 0 saturated carbocycles. The smallest absolute Gasteiger partial charge is 0.161 e. The lowest BCUT2D eigenvalue weighted by atomic mass is 10.2. The monoisotopic (exact) mass is 258 g/mol. The van der Waals surface area contributed by atoms with E-state index in [9.17, 15) is 4.79 Å². The van der Waals surface area contributed by atoms with Crippen LogP contribution in [0, 0.1) is 0 Å². The van der Waals surface area contributed by atoms with Crippen LogP contribution in [0.4, 0.5) is 0 Å². The van der Waals surface area contributed by atoms with Crippen molar-refractivity contribution in [2.45, 2.75) is 13.5 Å². The molecule has 0 aliphatic rings. The van der Waals surface area contributed by atoms with Gasteiger partial charge >= 0.3 is 0 Å². The van der Waals surface area contributed by atoms with Gasteiger partial charge in [-0.05, 0) is 25.1 Å². The van der Waals surface area contributed by atoms with Crippen molar-refractivity contribution in [1.29, 1.82) is 0 Å². The van der Waals surface area contributed by atoms with Crippen molar-refractivity contribution in [3.63, 3.8) is 0 Å². The average Bonchev–Trinajstić information content (AvgIpc) is 2.47. The van der Waals surface area contributed by atoms with Crippen molar-refractivity contribution in [1.82, 2.24) is 9.97 Å². The number of aldehydes is 1. The molecular weight excluding hydrogens is 244 g/mol. The third-order valence-electron chi connectivity index (χ3n) is 2.40. The standard InChI is InChI=1S/C14H14N2O3/c1-2-18-14-7-11(9-17)3-4-13(14)19-10-12-8-15-5-6-16-12/h3-9H,2,10H2,1H3. The zero-order valence-corrected chi connectivity index (χ0v) is 10.6. The summed E-state index contributed by atoms with van der Waals surface area (Å²) in [4.78, 5) is 18.8. The molecule has 5 nitrogen and oxygen atoms in total. The van der Waals surface area contributed by atoms with Gasteiger partial charge in [-0.3, -0.25) is 14.8 Å². The summed E-state index contributed by atoms with van der Waals surface area (Å²) in [6, 6.07) is 5.05. The zero-order valence-electron chi connectivity index (χ0n) is 10.6. The van der Waals surface area contributed by atoms with Gasteiger partial charge in [0.05, 0.1) is 18.5 Å². The predicted molar refractivity (Wildman–Crippen MR) is 69.4 cm³/mol. The van der Waals surface area contributed by atoms with E-state index >= 15 is 0 Å². The van der Waals surface area contributed by atoms with Crippen LogP contribution in [0.5, 0.6) is 11.5 Å². The second-order valence-corrected chi connectivity index (χ2v) is 3.74. The van der Waals surface area contributed by atoms with E-state index < -0.39 is 0 Å². The normalized spacial score (nSPS) is 9.95. The molecule has 2 aromatic rings. The lowest BCUT2D eigenvalue weighted by molar-refractivity contribution is 0.112. The van der Waals surface area contributed by atoms with Gasteiger partial charge in [-0.25, -0.2) is 0 Å². The Morgan fingerprint density at radius 1 is 1.21 bits per heavy atom. The summed E-state index contributed by atoms with van der Waals surface area (Å²) in [6.07, 6.45) is 5.63. The van der Waals surface area contributed by atoms with Crippen LogP contribution in [0.1, 0.15) is 23.0 Å². The zero-order chi connectivity index (χ0) is 13.5. The first-order valence-corrected chi connectivity index (χ1v) is 5.93. The fourth-order valence-corrected chi connectivity index (χ4v) is 1.54. The molecule has 0 unspecified atom stereocenters. The number of aromatic nitrogens is 2. The maximum absolute atomic E-state index is 10.7. The number of benzene rings is 1. The molecule has 5 heteroatoms. The topological polar surface area (TPSA) is 61.3 Å². The number of carbonyl (C=O) groups is 1. The number of ether oxygens (including phenoxy) is 2. The van der Waals surface area contributed by atoms with Crippen molar-refractivity contribution < 1.29 is 14.3 Å². The highest BCUT2D eigenvalue weighted by Gasteiger charge is 2.07. The quantitative estimate of drug-likeness (QED) is 0.744. The van der Waals surface area contributed by atoms with Crippen molar-refractivity contribution in [3.8, 4) is 11.5 Å². The summed E-state index contributed by atoms with van der Waals surface area (Å²) in [5.74, 6) is 1.13. The molecule has 1 aromatic heterocycles. The van der Waals surface area contributed by atoms with E-state index in [2.05, 4.69) is 9.97 Å². The average molecular weight is 258 g/mol. The number of rotatable bonds is 6. The number of hydrogen-bond acceptors (Lipinski definition) is 5. The van der Waals surface area contributed by atoms with Crippen molar-refractivity contribution in [2.75, 3.05) is 6.61 Å². The van der Waals surface area contributed by atoms with Gasteiger partial charge in [0.25, 0.3) is 0 Å². The van der Waals surface area contributed by atoms with Gasteiger partial charge in [-0.2, -0.15) is 0 Å². The fraction of sp³-hybridized carbons (Fsp3) is 0.214. The molecule has 0 radical (unpaired) electrons. The van der Waals surface area contributed by atoms with Gasteiger partial charge in [0.2, 0.25) is 0 Å². The molecule has 98 valence electrons. The first-order valence-electron chi connectivity index (χ1n) is 5.93. The molecule has 1 aromatic carbocycles. The molecule has 0 atom stereocenters. The first-order chi connectivity index (χ1) is 9.33. The van der Waals surface area contributed by atoms with E-state index in [1.807, 2.05) is 6.92 Å². The van der Waals surface area contributed by atoms with E-state index in [4.69, 9.17) is 9.47 Å². The lowest BCUT2D eigenvalue weighted by Gasteiger charge is -2.11. The Hall–Kier alpha value is -2.43. The summed E-state index contributed by atoms with van der Waals surface area (Å²) in [5.41, 5.74) is 1.28. The summed E-state index contributed by atoms with van der Waals surface area (Å²) < 4.78 is 11.1. The predicted octanol–water partition coefficient (Wildman–Crippen LogP) is 2.27. The van der Waals surface area contributed by atoms with E-state index in [0.29, 0.717) is 30.3 Å². The number of carbonyl (C=O) groups excluding carboxylic acids is 1. The summed E-state index contributed by atoms with van der Waals surface area (Å²) in [5, 5.41) is 0. The van der Waals surface area contributed by atoms with Gasteiger partial charge in [-0.15, -0.1) is 0 Å². The SMILES string of the molecule is CCOc1cc(C=O)ccc1OCc1cnccn1. The number of hydrogen-bond donors (Lipinski definition) is 0. The van der Waals surface area contributed by atoms with Gasteiger partial charge in [-0.1, -0.05) is 0 Å². The Kier molecular flexibility index (Phi) is 4.44. The van der Waals surface area contributed by atoms with Crippen LogP contribution in [0.3, 0.4) is 0 Å². The molecule has 0 amide bonds. The first kappa shape index (κ1) is 13.0. The highest BCUT2D eigenvalue weighted by Crippen LogP contribution is 2.28. The molecular formula is C14H14N2O3.